The highest BCUT2D eigenvalue weighted by atomic mass is 16.5. The highest BCUT2D eigenvalue weighted by Crippen LogP contribution is 2.22. The van der Waals surface area contributed by atoms with Crippen LogP contribution in [-0.2, 0) is 9.53 Å². The molecule has 1 heterocycles. The molecule has 2 amide bonds. The predicted octanol–water partition coefficient (Wildman–Crippen LogP) is 2.95. The molecule has 6 heteroatoms. The van der Waals surface area contributed by atoms with E-state index in [0.29, 0.717) is 24.2 Å². The third-order valence-corrected chi connectivity index (χ3v) is 4.05. The highest BCUT2D eigenvalue weighted by Gasteiger charge is 2.35. The molecule has 134 valence electrons. The van der Waals surface area contributed by atoms with Crippen LogP contribution in [0.4, 0.5) is 0 Å². The summed E-state index contributed by atoms with van der Waals surface area (Å²) in [4.78, 5) is 37.1. The van der Waals surface area contributed by atoms with Gasteiger partial charge in [0.2, 0.25) is 0 Å². The number of fused-ring (bicyclic) bond motifs is 1. The molecule has 0 N–H and O–H groups in total. The molecular weight excluding hydrogens is 334 g/mol. The lowest BCUT2D eigenvalue weighted by Gasteiger charge is -2.14. The van der Waals surface area contributed by atoms with Gasteiger partial charge >= 0.3 is 5.97 Å². The summed E-state index contributed by atoms with van der Waals surface area (Å²) in [5.74, 6) is -0.619. The van der Waals surface area contributed by atoms with Crippen molar-refractivity contribution in [1.82, 2.24) is 4.90 Å². The number of rotatable bonds is 7. The Morgan fingerprint density at radius 1 is 0.962 bits per heavy atom. The highest BCUT2D eigenvalue weighted by molar-refractivity contribution is 6.21. The van der Waals surface area contributed by atoms with Crippen molar-refractivity contribution < 1.29 is 23.9 Å². The number of carbonyl (C=O) groups excluding carboxylic acids is 3. The van der Waals surface area contributed by atoms with Gasteiger partial charge in [-0.05, 0) is 37.6 Å². The Balaban J connectivity index is 1.40. The van der Waals surface area contributed by atoms with Crippen LogP contribution in [0.2, 0.25) is 0 Å². The molecule has 0 spiro atoms. The number of hydrogen-bond acceptors (Lipinski definition) is 5. The number of ether oxygens (including phenoxy) is 2. The Morgan fingerprint density at radius 3 is 2.19 bits per heavy atom. The summed E-state index contributed by atoms with van der Waals surface area (Å²) in [6.07, 6.45) is 0.629. The second kappa shape index (κ2) is 7.82. The van der Waals surface area contributed by atoms with E-state index >= 15 is 0 Å². The van der Waals surface area contributed by atoms with Gasteiger partial charge in [0.05, 0.1) is 17.7 Å². The number of hydrogen-bond donors (Lipinski definition) is 0. The fourth-order valence-electron chi connectivity index (χ4n) is 2.61. The molecule has 0 saturated heterocycles. The van der Waals surface area contributed by atoms with E-state index in [1.807, 2.05) is 31.2 Å². The molecule has 0 unspecified atom stereocenters. The Labute approximate surface area is 151 Å². The lowest BCUT2D eigenvalue weighted by molar-refractivity contribution is -0.146. The minimum Gasteiger partial charge on any atom is -0.494 e. The van der Waals surface area contributed by atoms with Gasteiger partial charge in [-0.2, -0.15) is 0 Å². The number of nitrogens with zero attached hydrogens (tertiary/aromatic N) is 1. The van der Waals surface area contributed by atoms with Gasteiger partial charge in [-0.3, -0.25) is 14.4 Å². The van der Waals surface area contributed by atoms with Gasteiger partial charge in [0.25, 0.3) is 11.8 Å². The van der Waals surface area contributed by atoms with Crippen molar-refractivity contribution >= 4 is 17.8 Å². The van der Waals surface area contributed by atoms with E-state index < -0.39 is 17.8 Å². The van der Waals surface area contributed by atoms with Crippen molar-refractivity contribution in [1.29, 1.82) is 0 Å². The van der Waals surface area contributed by atoms with Crippen LogP contribution < -0.4 is 4.74 Å². The topological polar surface area (TPSA) is 72.9 Å². The van der Waals surface area contributed by atoms with Gasteiger partial charge in [0.1, 0.15) is 5.75 Å². The number of aryl methyl sites for hydroxylation is 1. The molecule has 2 aromatic carbocycles. The van der Waals surface area contributed by atoms with Gasteiger partial charge < -0.3 is 9.47 Å². The normalized spacial score (nSPS) is 12.9. The van der Waals surface area contributed by atoms with E-state index in [2.05, 4.69) is 0 Å². The first kappa shape index (κ1) is 17.7. The predicted molar refractivity (Wildman–Crippen MR) is 93.8 cm³/mol. The van der Waals surface area contributed by atoms with Crippen molar-refractivity contribution in [3.63, 3.8) is 0 Å². The maximum absolute atomic E-state index is 12.2. The van der Waals surface area contributed by atoms with Gasteiger partial charge in [0, 0.05) is 6.42 Å². The van der Waals surface area contributed by atoms with E-state index in [-0.39, 0.29) is 13.2 Å². The third kappa shape index (κ3) is 3.91. The first-order valence-corrected chi connectivity index (χ1v) is 8.36. The SMILES string of the molecule is Cc1ccc(OCCCC(=O)OCN2C(=O)c3ccccc3C2=O)cc1. The van der Waals surface area contributed by atoms with Crippen molar-refractivity contribution in [2.45, 2.75) is 19.8 Å². The molecule has 3 rings (SSSR count). The summed E-state index contributed by atoms with van der Waals surface area (Å²) >= 11 is 0. The quantitative estimate of drug-likeness (QED) is 0.435. The van der Waals surface area contributed by atoms with Crippen LogP contribution in [0.1, 0.15) is 39.1 Å². The van der Waals surface area contributed by atoms with E-state index in [0.717, 1.165) is 16.2 Å². The molecule has 1 aliphatic rings. The standard InChI is InChI=1S/C20H19NO5/c1-14-8-10-15(11-9-14)25-12-4-7-18(22)26-13-21-19(23)16-5-2-3-6-17(16)20(21)24/h2-3,5-6,8-11H,4,7,12-13H2,1H3. The lowest BCUT2D eigenvalue weighted by atomic mass is 10.1. The number of imide groups is 1. The monoisotopic (exact) mass is 353 g/mol. The summed E-state index contributed by atoms with van der Waals surface area (Å²) in [5, 5.41) is 0. The van der Waals surface area contributed by atoms with Crippen LogP contribution in [-0.4, -0.2) is 36.0 Å². The van der Waals surface area contributed by atoms with Gasteiger partial charge in [-0.15, -0.1) is 0 Å². The first-order valence-electron chi connectivity index (χ1n) is 8.36. The second-order valence-electron chi connectivity index (χ2n) is 5.99. The molecule has 0 fully saturated rings. The molecule has 26 heavy (non-hydrogen) atoms. The molecular formula is C20H19NO5. The molecule has 0 atom stereocenters. The number of amides is 2. The minimum atomic E-state index is -0.478. The van der Waals surface area contributed by atoms with Crippen LogP contribution in [0.25, 0.3) is 0 Å². The average Bonchev–Trinajstić information content (AvgIpc) is 2.89. The summed E-state index contributed by atoms with van der Waals surface area (Å²) in [6, 6.07) is 14.2. The zero-order valence-electron chi connectivity index (χ0n) is 14.4. The fraction of sp³-hybridized carbons (Fsp3) is 0.250. The van der Waals surface area contributed by atoms with E-state index in [1.54, 1.807) is 24.3 Å². The summed E-state index contributed by atoms with van der Waals surface area (Å²) in [5.41, 5.74) is 1.81. The van der Waals surface area contributed by atoms with Crippen molar-refractivity contribution in [3.8, 4) is 5.75 Å². The van der Waals surface area contributed by atoms with Crippen LogP contribution in [0.15, 0.2) is 48.5 Å². The summed E-state index contributed by atoms with van der Waals surface area (Å²) in [6.45, 7) is 2.00. The molecule has 0 saturated carbocycles. The molecule has 2 aromatic rings. The molecule has 0 bridgehead atoms. The zero-order chi connectivity index (χ0) is 18.5. The van der Waals surface area contributed by atoms with Crippen molar-refractivity contribution in [2.75, 3.05) is 13.3 Å². The first-order chi connectivity index (χ1) is 12.6. The Kier molecular flexibility index (Phi) is 5.31. The van der Waals surface area contributed by atoms with Crippen molar-refractivity contribution in [2.24, 2.45) is 0 Å². The molecule has 6 nitrogen and oxygen atoms in total. The Hall–Kier alpha value is -3.15. The number of esters is 1. The summed E-state index contributed by atoms with van der Waals surface area (Å²) < 4.78 is 10.6. The zero-order valence-corrected chi connectivity index (χ0v) is 14.4. The Bertz CT molecular complexity index is 793. The van der Waals surface area contributed by atoms with Gasteiger partial charge in [-0.1, -0.05) is 29.8 Å². The van der Waals surface area contributed by atoms with Gasteiger partial charge in [-0.25, -0.2) is 4.90 Å². The van der Waals surface area contributed by atoms with E-state index in [9.17, 15) is 14.4 Å². The molecule has 0 aliphatic carbocycles. The van der Waals surface area contributed by atoms with Crippen molar-refractivity contribution in [3.05, 3.63) is 65.2 Å². The van der Waals surface area contributed by atoms with Crippen LogP contribution >= 0.6 is 0 Å². The maximum Gasteiger partial charge on any atom is 0.307 e. The average molecular weight is 353 g/mol. The third-order valence-electron chi connectivity index (χ3n) is 4.05. The van der Waals surface area contributed by atoms with Crippen LogP contribution in [0.3, 0.4) is 0 Å². The second-order valence-corrected chi connectivity index (χ2v) is 5.99. The molecule has 1 aliphatic heterocycles. The van der Waals surface area contributed by atoms with Gasteiger partial charge in [0.15, 0.2) is 6.73 Å². The minimum absolute atomic E-state index is 0.148. The number of benzene rings is 2. The van der Waals surface area contributed by atoms with Crippen LogP contribution in [0.5, 0.6) is 5.75 Å². The fourth-order valence-corrected chi connectivity index (χ4v) is 2.61. The van der Waals surface area contributed by atoms with E-state index in [4.69, 9.17) is 9.47 Å². The maximum atomic E-state index is 12.2. The lowest BCUT2D eigenvalue weighted by Crippen LogP contribution is -2.33. The molecule has 0 aromatic heterocycles. The van der Waals surface area contributed by atoms with E-state index in [1.165, 1.54) is 0 Å². The number of carbonyl (C=O) groups is 3. The smallest absolute Gasteiger partial charge is 0.307 e. The largest absolute Gasteiger partial charge is 0.494 e. The van der Waals surface area contributed by atoms with Crippen LogP contribution in [0, 0.1) is 6.92 Å². The Morgan fingerprint density at radius 2 is 1.58 bits per heavy atom. The molecule has 0 radical (unpaired) electrons. The summed E-state index contributed by atoms with van der Waals surface area (Å²) in [7, 11) is 0.